The Bertz CT molecular complexity index is 533. The van der Waals surface area contributed by atoms with Crippen LogP contribution >= 0.6 is 0 Å². The Morgan fingerprint density at radius 1 is 1.15 bits per heavy atom. The second kappa shape index (κ2) is 5.80. The predicted molar refractivity (Wildman–Crippen MR) is 81.5 cm³/mol. The van der Waals surface area contributed by atoms with E-state index in [1.807, 2.05) is 13.8 Å². The monoisotopic (exact) mass is 272 g/mol. The SMILES string of the molecule is Cc1noc(C)c1CN[C@H](c1ccccc1)C(C)(C)C. The van der Waals surface area contributed by atoms with Gasteiger partial charge in [-0.1, -0.05) is 56.3 Å². The molecule has 2 aromatic rings. The molecule has 3 nitrogen and oxygen atoms in total. The Labute approximate surface area is 121 Å². The van der Waals surface area contributed by atoms with Gasteiger partial charge in [0.15, 0.2) is 0 Å². The van der Waals surface area contributed by atoms with E-state index in [-0.39, 0.29) is 11.5 Å². The molecule has 0 saturated heterocycles. The van der Waals surface area contributed by atoms with Crippen molar-refractivity contribution >= 4 is 0 Å². The van der Waals surface area contributed by atoms with Crippen molar-refractivity contribution in [2.75, 3.05) is 0 Å². The first-order valence-corrected chi connectivity index (χ1v) is 7.09. The number of nitrogens with one attached hydrogen (secondary N) is 1. The number of benzene rings is 1. The van der Waals surface area contributed by atoms with Crippen LogP contribution < -0.4 is 5.32 Å². The molecular formula is C17H24N2O. The van der Waals surface area contributed by atoms with Crippen LogP contribution in [0.15, 0.2) is 34.9 Å². The molecule has 20 heavy (non-hydrogen) atoms. The van der Waals surface area contributed by atoms with Gasteiger partial charge in [-0.25, -0.2) is 0 Å². The van der Waals surface area contributed by atoms with Crippen LogP contribution in [0.25, 0.3) is 0 Å². The van der Waals surface area contributed by atoms with Crippen LogP contribution in [-0.4, -0.2) is 5.16 Å². The van der Waals surface area contributed by atoms with E-state index in [0.717, 1.165) is 23.6 Å². The van der Waals surface area contributed by atoms with Gasteiger partial charge in [0.25, 0.3) is 0 Å². The van der Waals surface area contributed by atoms with E-state index in [1.165, 1.54) is 5.56 Å². The summed E-state index contributed by atoms with van der Waals surface area (Å²) in [6.07, 6.45) is 0. The minimum absolute atomic E-state index is 0.139. The second-order valence-electron chi connectivity index (χ2n) is 6.39. The summed E-state index contributed by atoms with van der Waals surface area (Å²) >= 11 is 0. The lowest BCUT2D eigenvalue weighted by Crippen LogP contribution is -2.32. The smallest absolute Gasteiger partial charge is 0.138 e. The van der Waals surface area contributed by atoms with Crippen molar-refractivity contribution in [3.05, 3.63) is 52.9 Å². The highest BCUT2D eigenvalue weighted by molar-refractivity contribution is 5.23. The van der Waals surface area contributed by atoms with E-state index in [0.29, 0.717) is 0 Å². The summed E-state index contributed by atoms with van der Waals surface area (Å²) in [5, 5.41) is 7.67. The van der Waals surface area contributed by atoms with Crippen molar-refractivity contribution < 1.29 is 4.52 Å². The zero-order valence-corrected chi connectivity index (χ0v) is 13.0. The molecule has 3 heteroatoms. The van der Waals surface area contributed by atoms with Gasteiger partial charge in [0.1, 0.15) is 5.76 Å². The van der Waals surface area contributed by atoms with Gasteiger partial charge < -0.3 is 9.84 Å². The Morgan fingerprint density at radius 2 is 1.80 bits per heavy atom. The normalized spacial score (nSPS) is 13.4. The molecule has 0 bridgehead atoms. The lowest BCUT2D eigenvalue weighted by molar-refractivity contribution is 0.270. The standard InChI is InChI=1S/C17H24N2O/c1-12-15(13(2)20-19-12)11-18-16(17(3,4)5)14-9-7-6-8-10-14/h6-10,16,18H,11H2,1-5H3/t16-/m1/s1. The summed E-state index contributed by atoms with van der Waals surface area (Å²) in [5.41, 5.74) is 3.58. The highest BCUT2D eigenvalue weighted by Crippen LogP contribution is 2.33. The highest BCUT2D eigenvalue weighted by atomic mass is 16.5. The molecule has 0 aliphatic carbocycles. The van der Waals surface area contributed by atoms with Gasteiger partial charge >= 0.3 is 0 Å². The Kier molecular flexibility index (Phi) is 4.29. The number of rotatable bonds is 4. The van der Waals surface area contributed by atoms with Crippen molar-refractivity contribution in [1.29, 1.82) is 0 Å². The van der Waals surface area contributed by atoms with E-state index in [9.17, 15) is 0 Å². The summed E-state index contributed by atoms with van der Waals surface area (Å²) in [5.74, 6) is 0.899. The third-order valence-electron chi connectivity index (χ3n) is 3.66. The van der Waals surface area contributed by atoms with Gasteiger partial charge in [-0.3, -0.25) is 0 Å². The summed E-state index contributed by atoms with van der Waals surface area (Å²) in [7, 11) is 0. The summed E-state index contributed by atoms with van der Waals surface area (Å²) in [4.78, 5) is 0. The summed E-state index contributed by atoms with van der Waals surface area (Å²) in [6.45, 7) is 11.5. The highest BCUT2D eigenvalue weighted by Gasteiger charge is 2.26. The van der Waals surface area contributed by atoms with E-state index >= 15 is 0 Å². The summed E-state index contributed by atoms with van der Waals surface area (Å²) < 4.78 is 5.23. The number of hydrogen-bond donors (Lipinski definition) is 1. The maximum Gasteiger partial charge on any atom is 0.138 e. The lowest BCUT2D eigenvalue weighted by Gasteiger charge is -2.32. The minimum atomic E-state index is 0.139. The molecule has 0 fully saturated rings. The molecule has 1 N–H and O–H groups in total. The van der Waals surface area contributed by atoms with E-state index in [1.54, 1.807) is 0 Å². The number of aromatic nitrogens is 1. The van der Waals surface area contributed by atoms with Gasteiger partial charge in [0, 0.05) is 18.2 Å². The molecule has 0 saturated carbocycles. The fourth-order valence-electron chi connectivity index (χ4n) is 2.53. The maximum absolute atomic E-state index is 5.23. The van der Waals surface area contributed by atoms with Gasteiger partial charge in [-0.15, -0.1) is 0 Å². The van der Waals surface area contributed by atoms with Crippen LogP contribution in [0.2, 0.25) is 0 Å². The largest absolute Gasteiger partial charge is 0.361 e. The van der Waals surface area contributed by atoms with E-state index < -0.39 is 0 Å². The summed E-state index contributed by atoms with van der Waals surface area (Å²) in [6, 6.07) is 10.9. The molecule has 1 aromatic carbocycles. The third kappa shape index (κ3) is 3.28. The molecule has 1 heterocycles. The molecule has 2 rings (SSSR count). The molecule has 0 spiro atoms. The first kappa shape index (κ1) is 14.8. The van der Waals surface area contributed by atoms with Crippen LogP contribution in [-0.2, 0) is 6.54 Å². The van der Waals surface area contributed by atoms with Gasteiger partial charge in [-0.2, -0.15) is 0 Å². The zero-order valence-electron chi connectivity index (χ0n) is 13.0. The van der Waals surface area contributed by atoms with Gasteiger partial charge in [-0.05, 0) is 24.8 Å². The molecule has 0 radical (unpaired) electrons. The van der Waals surface area contributed by atoms with Crippen molar-refractivity contribution in [2.45, 2.75) is 47.2 Å². The van der Waals surface area contributed by atoms with Crippen LogP contribution in [0.5, 0.6) is 0 Å². The number of aryl methyl sites for hydroxylation is 2. The number of hydrogen-bond acceptors (Lipinski definition) is 3. The molecule has 0 aliphatic heterocycles. The topological polar surface area (TPSA) is 38.1 Å². The molecule has 1 atom stereocenters. The lowest BCUT2D eigenvalue weighted by atomic mass is 9.82. The maximum atomic E-state index is 5.23. The van der Waals surface area contributed by atoms with Crippen molar-refractivity contribution in [1.82, 2.24) is 10.5 Å². The van der Waals surface area contributed by atoms with E-state index in [4.69, 9.17) is 4.52 Å². The zero-order chi connectivity index (χ0) is 14.8. The van der Waals surface area contributed by atoms with Crippen LogP contribution in [0.3, 0.4) is 0 Å². The molecule has 108 valence electrons. The van der Waals surface area contributed by atoms with Gasteiger partial charge in [0.2, 0.25) is 0 Å². The average Bonchev–Trinajstić information content (AvgIpc) is 2.70. The molecule has 1 aromatic heterocycles. The van der Waals surface area contributed by atoms with Crippen molar-refractivity contribution in [2.24, 2.45) is 5.41 Å². The van der Waals surface area contributed by atoms with Crippen molar-refractivity contribution in [3.63, 3.8) is 0 Å². The Hall–Kier alpha value is -1.61. The molecule has 0 amide bonds. The fourth-order valence-corrected chi connectivity index (χ4v) is 2.53. The predicted octanol–water partition coefficient (Wildman–Crippen LogP) is 4.17. The molecular weight excluding hydrogens is 248 g/mol. The average molecular weight is 272 g/mol. The first-order valence-electron chi connectivity index (χ1n) is 7.09. The quantitative estimate of drug-likeness (QED) is 0.907. The van der Waals surface area contributed by atoms with Gasteiger partial charge in [0.05, 0.1) is 5.69 Å². The minimum Gasteiger partial charge on any atom is -0.361 e. The third-order valence-corrected chi connectivity index (χ3v) is 3.66. The second-order valence-corrected chi connectivity index (χ2v) is 6.39. The van der Waals surface area contributed by atoms with Crippen LogP contribution in [0.1, 0.15) is 49.4 Å². The Morgan fingerprint density at radius 3 is 2.30 bits per heavy atom. The Balaban J connectivity index is 2.18. The number of nitrogens with zero attached hydrogens (tertiary/aromatic N) is 1. The molecule has 0 unspecified atom stereocenters. The van der Waals surface area contributed by atoms with E-state index in [2.05, 4.69) is 61.6 Å². The van der Waals surface area contributed by atoms with Crippen molar-refractivity contribution in [3.8, 4) is 0 Å². The molecule has 0 aliphatic rings. The fraction of sp³-hybridized carbons (Fsp3) is 0.471. The van der Waals surface area contributed by atoms with Crippen LogP contribution in [0.4, 0.5) is 0 Å². The van der Waals surface area contributed by atoms with Crippen LogP contribution in [0, 0.1) is 19.3 Å². The first-order chi connectivity index (χ1) is 9.39.